The Morgan fingerprint density at radius 3 is 2.12 bits per heavy atom. The second kappa shape index (κ2) is 11.0. The van der Waals surface area contributed by atoms with Crippen LogP contribution in [-0.2, 0) is 0 Å². The Kier molecular flexibility index (Phi) is 6.31. The lowest BCUT2D eigenvalue weighted by Gasteiger charge is -2.28. The molecule has 2 nitrogen and oxygen atoms in total. The molecule has 0 N–H and O–H groups in total. The van der Waals surface area contributed by atoms with Gasteiger partial charge in [0.2, 0.25) is 0 Å². The molecule has 0 unspecified atom stereocenters. The van der Waals surface area contributed by atoms with Gasteiger partial charge in [-0.15, -0.1) is 11.3 Å². The number of nitrogens with zero attached hydrogens (tertiary/aromatic N) is 1. The maximum absolute atomic E-state index is 6.72. The minimum atomic E-state index is -1.92. The van der Waals surface area contributed by atoms with Crippen LogP contribution in [0.3, 0.4) is 0 Å². The topological polar surface area (TPSA) is 16.4 Å². The van der Waals surface area contributed by atoms with E-state index in [4.69, 9.17) is 4.42 Å². The monoisotopic (exact) mass is 699 g/mol. The molecule has 52 heavy (non-hydrogen) atoms. The van der Waals surface area contributed by atoms with Gasteiger partial charge in [-0.25, -0.2) is 0 Å². The highest BCUT2D eigenvalue weighted by atomic mass is 32.1. The van der Waals surface area contributed by atoms with Crippen molar-refractivity contribution < 1.29 is 4.42 Å². The first-order valence-electron chi connectivity index (χ1n) is 17.9. The van der Waals surface area contributed by atoms with Gasteiger partial charge in [-0.1, -0.05) is 122 Å². The van der Waals surface area contributed by atoms with Crippen LogP contribution >= 0.6 is 11.3 Å². The quantitative estimate of drug-likeness (QED) is 0.170. The molecule has 3 heterocycles. The Morgan fingerprint density at radius 2 is 1.23 bits per heavy atom. The molecule has 246 valence electrons. The second-order valence-electron chi connectivity index (χ2n) is 14.5. The van der Waals surface area contributed by atoms with Gasteiger partial charge in [-0.2, -0.15) is 0 Å². The lowest BCUT2D eigenvalue weighted by atomic mass is 10.0. The normalized spacial score (nSPS) is 13.3. The number of furan rings is 1. The molecule has 1 aliphatic rings. The molecule has 0 bridgehead atoms. The van der Waals surface area contributed by atoms with Gasteiger partial charge in [0.25, 0.3) is 0 Å². The molecular weight excluding hydrogens is 667 g/mol. The van der Waals surface area contributed by atoms with E-state index in [1.54, 1.807) is 0 Å². The van der Waals surface area contributed by atoms with Crippen LogP contribution in [0.15, 0.2) is 168 Å². The largest absolute Gasteiger partial charge is 0.455 e. The van der Waals surface area contributed by atoms with Crippen LogP contribution in [0.4, 0.5) is 17.1 Å². The smallest absolute Gasteiger partial charge is 0.143 e. The van der Waals surface area contributed by atoms with Gasteiger partial charge >= 0.3 is 0 Å². The summed E-state index contributed by atoms with van der Waals surface area (Å²) in [6.07, 6.45) is 0. The summed E-state index contributed by atoms with van der Waals surface area (Å²) in [6.45, 7) is 5.00. The summed E-state index contributed by atoms with van der Waals surface area (Å²) in [6, 6.07) is 60.2. The maximum Gasteiger partial charge on any atom is 0.143 e. The average Bonchev–Trinajstić information content (AvgIpc) is 3.84. The van der Waals surface area contributed by atoms with Crippen LogP contribution in [0.1, 0.15) is 0 Å². The van der Waals surface area contributed by atoms with Crippen molar-refractivity contribution in [2.45, 2.75) is 13.1 Å². The molecular formula is C48H33NOSSi. The van der Waals surface area contributed by atoms with E-state index in [0.29, 0.717) is 0 Å². The van der Waals surface area contributed by atoms with Gasteiger partial charge in [0.05, 0.1) is 5.69 Å². The molecule has 1 aliphatic heterocycles. The molecule has 11 rings (SSSR count). The molecule has 0 saturated heterocycles. The second-order valence-corrected chi connectivity index (χ2v) is 19.9. The van der Waals surface area contributed by atoms with Gasteiger partial charge in [-0.05, 0) is 92.6 Å². The number of fused-ring (bicyclic) bond motifs is 12. The van der Waals surface area contributed by atoms with Crippen molar-refractivity contribution in [2.24, 2.45) is 0 Å². The third-order valence-electron chi connectivity index (χ3n) is 11.3. The lowest BCUT2D eigenvalue weighted by Crippen LogP contribution is -2.49. The Balaban J connectivity index is 1.20. The van der Waals surface area contributed by atoms with E-state index >= 15 is 0 Å². The van der Waals surface area contributed by atoms with E-state index in [9.17, 15) is 0 Å². The zero-order valence-electron chi connectivity index (χ0n) is 28.9. The molecule has 4 heteroatoms. The van der Waals surface area contributed by atoms with Gasteiger partial charge < -0.3 is 9.32 Å². The Bertz CT molecular complexity index is 3050. The Morgan fingerprint density at radius 1 is 0.500 bits per heavy atom. The van der Waals surface area contributed by atoms with Crippen molar-refractivity contribution in [1.29, 1.82) is 0 Å². The minimum Gasteiger partial charge on any atom is -0.455 e. The number of anilines is 3. The van der Waals surface area contributed by atoms with Crippen LogP contribution in [0.5, 0.6) is 0 Å². The third-order valence-corrected chi connectivity index (χ3v) is 15.9. The molecule has 0 aliphatic carbocycles. The van der Waals surface area contributed by atoms with Crippen molar-refractivity contribution in [3.05, 3.63) is 164 Å². The highest BCUT2D eigenvalue weighted by Gasteiger charge is 2.37. The zero-order chi connectivity index (χ0) is 34.6. The summed E-state index contributed by atoms with van der Waals surface area (Å²) in [7, 11) is -1.92. The predicted molar refractivity (Wildman–Crippen MR) is 226 cm³/mol. The summed E-state index contributed by atoms with van der Waals surface area (Å²) in [4.78, 5) is 2.49. The fourth-order valence-corrected chi connectivity index (χ4v) is 13.0. The van der Waals surface area contributed by atoms with E-state index in [-0.39, 0.29) is 0 Å². The Hall–Kier alpha value is -5.94. The molecule has 0 spiro atoms. The number of thiophene rings is 1. The highest BCUT2D eigenvalue weighted by molar-refractivity contribution is 7.26. The molecule has 0 fully saturated rings. The van der Waals surface area contributed by atoms with Gasteiger partial charge in [0.1, 0.15) is 19.2 Å². The molecule has 0 amide bonds. The van der Waals surface area contributed by atoms with Crippen LogP contribution in [0, 0.1) is 0 Å². The molecule has 8 aromatic carbocycles. The number of benzene rings is 8. The van der Waals surface area contributed by atoms with E-state index < -0.39 is 8.07 Å². The fourth-order valence-electron chi connectivity index (χ4n) is 8.76. The summed E-state index contributed by atoms with van der Waals surface area (Å²) in [5.74, 6) is 0. The van der Waals surface area contributed by atoms with E-state index in [0.717, 1.165) is 27.6 Å². The summed E-state index contributed by atoms with van der Waals surface area (Å²) in [5, 5.41) is 10.2. The van der Waals surface area contributed by atoms with Crippen LogP contribution in [-0.4, -0.2) is 8.07 Å². The zero-order valence-corrected chi connectivity index (χ0v) is 30.7. The first kappa shape index (κ1) is 29.8. The van der Waals surface area contributed by atoms with Gasteiger partial charge in [0, 0.05) is 47.7 Å². The molecule has 10 aromatic rings. The summed E-state index contributed by atoms with van der Waals surface area (Å²) < 4.78 is 9.25. The van der Waals surface area contributed by atoms with Crippen LogP contribution in [0.25, 0.3) is 75.1 Å². The summed E-state index contributed by atoms with van der Waals surface area (Å²) >= 11 is 1.86. The number of hydrogen-bond donors (Lipinski definition) is 0. The van der Waals surface area contributed by atoms with Crippen LogP contribution in [0.2, 0.25) is 13.1 Å². The van der Waals surface area contributed by atoms with Crippen molar-refractivity contribution in [3.8, 4) is 22.3 Å². The molecule has 2 aromatic heterocycles. The summed E-state index contributed by atoms with van der Waals surface area (Å²) in [5.41, 5.74) is 10.6. The molecule has 0 radical (unpaired) electrons. The lowest BCUT2D eigenvalue weighted by molar-refractivity contribution is 0.673. The SMILES string of the molecule is C[Si]1(C)c2ccccc2-c2ccc(N(c3ccc(-c4ccccc4)cc3)c3cccc4sc5ccc6oc7c8ccccc8ccc7c6c5c34)cc21. The highest BCUT2D eigenvalue weighted by Crippen LogP contribution is 2.49. The standard InChI is InChI=1S/C48H33NOSSi/c1-52(2)43-18-9-8-15-36(43)37-26-24-34(29-44(37)52)49(33-22-19-31(20-23-33)30-11-4-3-5-12-30)39-16-10-17-41-46(39)47-42(51-41)28-27-40-45(47)38-25-21-32-13-6-7-14-35(32)48(38)50-40/h3-29H,1-2H3. The number of rotatable bonds is 4. The van der Waals surface area contributed by atoms with Crippen molar-refractivity contribution in [1.82, 2.24) is 0 Å². The van der Waals surface area contributed by atoms with Gasteiger partial charge in [-0.3, -0.25) is 0 Å². The van der Waals surface area contributed by atoms with Gasteiger partial charge in [0.15, 0.2) is 0 Å². The first-order chi connectivity index (χ1) is 25.5. The van der Waals surface area contributed by atoms with Crippen molar-refractivity contribution in [3.63, 3.8) is 0 Å². The predicted octanol–water partition coefficient (Wildman–Crippen LogP) is 13.0. The van der Waals surface area contributed by atoms with Crippen molar-refractivity contribution in [2.75, 3.05) is 4.90 Å². The molecule has 0 atom stereocenters. The first-order valence-corrected chi connectivity index (χ1v) is 21.7. The van der Waals surface area contributed by atoms with E-state index in [1.807, 2.05) is 11.3 Å². The molecule has 0 saturated carbocycles. The van der Waals surface area contributed by atoms with E-state index in [2.05, 4.69) is 182 Å². The minimum absolute atomic E-state index is 0.926. The fraction of sp³-hybridized carbons (Fsp3) is 0.0417. The average molecular weight is 700 g/mol. The third kappa shape index (κ3) is 4.22. The van der Waals surface area contributed by atoms with E-state index in [1.165, 1.54) is 74.9 Å². The maximum atomic E-state index is 6.72. The van der Waals surface area contributed by atoms with Crippen LogP contribution < -0.4 is 15.3 Å². The van der Waals surface area contributed by atoms with Crippen molar-refractivity contribution >= 4 is 99.7 Å². The number of hydrogen-bond acceptors (Lipinski definition) is 3. The Labute approximate surface area is 306 Å².